The molecule has 16 heavy (non-hydrogen) atoms. The molecule has 90 valence electrons. The molecule has 0 heterocycles. The van der Waals surface area contributed by atoms with Crippen molar-refractivity contribution in [2.45, 2.75) is 13.8 Å². The van der Waals surface area contributed by atoms with Crippen LogP contribution in [-0.2, 0) is 10.0 Å². The van der Waals surface area contributed by atoms with Crippen LogP contribution in [0.3, 0.4) is 0 Å². The summed E-state index contributed by atoms with van der Waals surface area (Å²) in [6, 6.07) is 3.92. The lowest BCUT2D eigenvalue weighted by molar-refractivity contribution is 0.598. The third-order valence-electron chi connectivity index (χ3n) is 2.15. The Balaban J connectivity index is 2.69. The molecule has 0 spiro atoms. The van der Waals surface area contributed by atoms with E-state index in [9.17, 15) is 8.42 Å². The molecule has 3 N–H and O–H groups in total. The Labute approximate surface area is 104 Å². The van der Waals surface area contributed by atoms with E-state index in [1.807, 2.05) is 26.0 Å². The summed E-state index contributed by atoms with van der Waals surface area (Å²) in [4.78, 5) is 0. The molecule has 0 fully saturated rings. The van der Waals surface area contributed by atoms with Gasteiger partial charge in [-0.15, -0.1) is 0 Å². The molecule has 1 aromatic carbocycles. The maximum absolute atomic E-state index is 10.7. The number of sulfonamides is 1. The van der Waals surface area contributed by atoms with Gasteiger partial charge < -0.3 is 5.32 Å². The molecule has 4 nitrogen and oxygen atoms in total. The minimum absolute atomic E-state index is 0.0683. The van der Waals surface area contributed by atoms with Crippen LogP contribution in [0.4, 0.5) is 5.69 Å². The van der Waals surface area contributed by atoms with Crippen molar-refractivity contribution >= 4 is 31.6 Å². The molecule has 0 radical (unpaired) electrons. The predicted molar refractivity (Wildman–Crippen MR) is 70.1 cm³/mol. The highest BCUT2D eigenvalue weighted by Crippen LogP contribution is 2.24. The van der Waals surface area contributed by atoms with Crippen LogP contribution >= 0.6 is 15.9 Å². The van der Waals surface area contributed by atoms with E-state index >= 15 is 0 Å². The van der Waals surface area contributed by atoms with E-state index in [4.69, 9.17) is 5.14 Å². The van der Waals surface area contributed by atoms with Gasteiger partial charge in [0.2, 0.25) is 10.0 Å². The molecule has 0 saturated heterocycles. The molecule has 6 heteroatoms. The maximum Gasteiger partial charge on any atom is 0.210 e. The van der Waals surface area contributed by atoms with Crippen molar-refractivity contribution in [3.8, 4) is 0 Å². The standard InChI is InChI=1S/C10H15BrN2O2S/c1-7-5-9(6-8(2)10(7)11)13-3-4-16(12,14)15/h5-6,13H,3-4H2,1-2H3,(H2,12,14,15). The van der Waals surface area contributed by atoms with E-state index in [1.165, 1.54) is 0 Å². The fourth-order valence-electron chi connectivity index (χ4n) is 1.39. The van der Waals surface area contributed by atoms with E-state index in [0.29, 0.717) is 6.54 Å². The molecule has 1 aromatic rings. The van der Waals surface area contributed by atoms with Crippen molar-refractivity contribution in [2.75, 3.05) is 17.6 Å². The van der Waals surface area contributed by atoms with E-state index in [1.54, 1.807) is 0 Å². The van der Waals surface area contributed by atoms with Gasteiger partial charge in [-0.05, 0) is 37.1 Å². The lowest BCUT2D eigenvalue weighted by atomic mass is 10.1. The number of rotatable bonds is 4. The first-order valence-corrected chi connectivity index (χ1v) is 7.31. The highest BCUT2D eigenvalue weighted by atomic mass is 79.9. The second-order valence-electron chi connectivity index (χ2n) is 3.72. The first kappa shape index (κ1) is 13.5. The number of nitrogens with two attached hydrogens (primary N) is 1. The fraction of sp³-hybridized carbons (Fsp3) is 0.400. The lowest BCUT2D eigenvalue weighted by Gasteiger charge is -2.09. The normalized spacial score (nSPS) is 11.5. The Morgan fingerprint density at radius 1 is 1.31 bits per heavy atom. The molecule has 0 amide bonds. The van der Waals surface area contributed by atoms with Crippen molar-refractivity contribution in [2.24, 2.45) is 5.14 Å². The number of hydrogen-bond acceptors (Lipinski definition) is 3. The predicted octanol–water partition coefficient (Wildman–Crippen LogP) is 1.77. The van der Waals surface area contributed by atoms with Crippen molar-refractivity contribution in [1.29, 1.82) is 0 Å². The average molecular weight is 307 g/mol. The lowest BCUT2D eigenvalue weighted by Crippen LogP contribution is -2.22. The van der Waals surface area contributed by atoms with E-state index < -0.39 is 10.0 Å². The van der Waals surface area contributed by atoms with Crippen molar-refractivity contribution in [1.82, 2.24) is 0 Å². The van der Waals surface area contributed by atoms with Crippen LogP contribution in [0.5, 0.6) is 0 Å². The molecule has 0 unspecified atom stereocenters. The zero-order chi connectivity index (χ0) is 12.3. The Bertz CT molecular complexity index is 463. The summed E-state index contributed by atoms with van der Waals surface area (Å²) in [7, 11) is -3.39. The van der Waals surface area contributed by atoms with E-state index in [2.05, 4.69) is 21.2 Å². The quantitative estimate of drug-likeness (QED) is 0.890. The van der Waals surface area contributed by atoms with Crippen LogP contribution in [0.25, 0.3) is 0 Å². The van der Waals surface area contributed by atoms with Gasteiger partial charge >= 0.3 is 0 Å². The zero-order valence-electron chi connectivity index (χ0n) is 9.25. The summed E-state index contributed by atoms with van der Waals surface area (Å²) < 4.78 is 22.6. The van der Waals surface area contributed by atoms with Gasteiger partial charge in [0.05, 0.1) is 5.75 Å². The maximum atomic E-state index is 10.7. The molecule has 0 saturated carbocycles. The van der Waals surface area contributed by atoms with Crippen LogP contribution in [0, 0.1) is 13.8 Å². The van der Waals surface area contributed by atoms with Crippen LogP contribution in [0.15, 0.2) is 16.6 Å². The molecule has 0 bridgehead atoms. The molecule has 0 aromatic heterocycles. The number of anilines is 1. The largest absolute Gasteiger partial charge is 0.384 e. The van der Waals surface area contributed by atoms with Gasteiger partial charge in [-0.2, -0.15) is 0 Å². The van der Waals surface area contributed by atoms with E-state index in [0.717, 1.165) is 21.3 Å². The van der Waals surface area contributed by atoms with E-state index in [-0.39, 0.29) is 5.75 Å². The Morgan fingerprint density at radius 3 is 2.25 bits per heavy atom. The van der Waals surface area contributed by atoms with Gasteiger partial charge in [0.15, 0.2) is 0 Å². The minimum Gasteiger partial charge on any atom is -0.384 e. The summed E-state index contributed by atoms with van der Waals surface area (Å²) in [5, 5.41) is 7.94. The summed E-state index contributed by atoms with van der Waals surface area (Å²) in [6.07, 6.45) is 0. The monoisotopic (exact) mass is 306 g/mol. The molecule has 0 aliphatic carbocycles. The number of primary sulfonamides is 1. The van der Waals surface area contributed by atoms with Gasteiger partial charge in [0, 0.05) is 16.7 Å². The van der Waals surface area contributed by atoms with Crippen molar-refractivity contribution in [3.63, 3.8) is 0 Å². The first-order chi connectivity index (χ1) is 7.29. The molecule has 1 rings (SSSR count). The molecule has 0 atom stereocenters. The van der Waals surface area contributed by atoms with Gasteiger partial charge in [-0.25, -0.2) is 13.6 Å². The topological polar surface area (TPSA) is 72.2 Å². The second kappa shape index (κ2) is 5.16. The number of nitrogens with one attached hydrogen (secondary N) is 1. The smallest absolute Gasteiger partial charge is 0.210 e. The Morgan fingerprint density at radius 2 is 1.81 bits per heavy atom. The minimum atomic E-state index is -3.39. The summed E-state index contributed by atoms with van der Waals surface area (Å²) >= 11 is 3.47. The van der Waals surface area contributed by atoms with Gasteiger partial charge in [0.25, 0.3) is 0 Å². The molecule has 0 aliphatic rings. The molecule has 0 aliphatic heterocycles. The first-order valence-electron chi connectivity index (χ1n) is 4.80. The number of benzene rings is 1. The second-order valence-corrected chi connectivity index (χ2v) is 6.24. The van der Waals surface area contributed by atoms with Gasteiger partial charge in [-0.1, -0.05) is 15.9 Å². The number of halogens is 1. The van der Waals surface area contributed by atoms with Crippen molar-refractivity contribution in [3.05, 3.63) is 27.7 Å². The average Bonchev–Trinajstić information content (AvgIpc) is 2.12. The third kappa shape index (κ3) is 4.11. The molecular formula is C10H15BrN2O2S. The van der Waals surface area contributed by atoms with Crippen molar-refractivity contribution < 1.29 is 8.42 Å². The third-order valence-corrected chi connectivity index (χ3v) is 4.18. The summed E-state index contributed by atoms with van der Waals surface area (Å²) in [6.45, 7) is 4.29. The summed E-state index contributed by atoms with van der Waals surface area (Å²) in [5.74, 6) is -0.0683. The Hall–Kier alpha value is -0.590. The van der Waals surface area contributed by atoms with Crippen LogP contribution < -0.4 is 10.5 Å². The van der Waals surface area contributed by atoms with Gasteiger partial charge in [-0.3, -0.25) is 0 Å². The highest BCUT2D eigenvalue weighted by Gasteiger charge is 2.04. The van der Waals surface area contributed by atoms with Crippen LogP contribution in [0.1, 0.15) is 11.1 Å². The number of aryl methyl sites for hydroxylation is 2. The highest BCUT2D eigenvalue weighted by molar-refractivity contribution is 9.10. The SMILES string of the molecule is Cc1cc(NCCS(N)(=O)=O)cc(C)c1Br. The Kier molecular flexibility index (Phi) is 4.35. The zero-order valence-corrected chi connectivity index (χ0v) is 11.7. The fourth-order valence-corrected chi connectivity index (χ4v) is 2.00. The summed E-state index contributed by atoms with van der Waals surface area (Å²) in [5.41, 5.74) is 3.12. The van der Waals surface area contributed by atoms with Crippen LogP contribution in [0.2, 0.25) is 0 Å². The molecular weight excluding hydrogens is 292 g/mol. The van der Waals surface area contributed by atoms with Crippen LogP contribution in [-0.4, -0.2) is 20.7 Å². The van der Waals surface area contributed by atoms with Gasteiger partial charge in [0.1, 0.15) is 0 Å². The number of hydrogen-bond donors (Lipinski definition) is 2.